The number of nitro benzene ring substituents is 1. The highest BCUT2D eigenvalue weighted by molar-refractivity contribution is 7.15. The molecule has 2 aromatic carbocycles. The van der Waals surface area contributed by atoms with Gasteiger partial charge in [-0.25, -0.2) is 4.79 Å². The molecule has 0 saturated carbocycles. The van der Waals surface area contributed by atoms with Crippen molar-refractivity contribution in [3.05, 3.63) is 63.7 Å². The van der Waals surface area contributed by atoms with Crippen molar-refractivity contribution in [1.29, 1.82) is 0 Å². The molecule has 0 spiro atoms. The number of urea groups is 1. The van der Waals surface area contributed by atoms with Crippen LogP contribution >= 0.6 is 11.3 Å². The van der Waals surface area contributed by atoms with Crippen molar-refractivity contribution in [2.45, 2.75) is 13.5 Å². The fourth-order valence-corrected chi connectivity index (χ4v) is 2.88. The van der Waals surface area contributed by atoms with Gasteiger partial charge in [-0.2, -0.15) is 0 Å². The van der Waals surface area contributed by atoms with Crippen molar-refractivity contribution in [3.63, 3.8) is 0 Å². The van der Waals surface area contributed by atoms with Crippen molar-refractivity contribution in [2.75, 3.05) is 17.2 Å². The van der Waals surface area contributed by atoms with E-state index in [9.17, 15) is 14.9 Å². The Morgan fingerprint density at radius 1 is 1.03 bits per heavy atom. The Labute approximate surface area is 169 Å². The summed E-state index contributed by atoms with van der Waals surface area (Å²) in [5, 5.41) is 24.6. The molecule has 0 aliphatic carbocycles. The molecule has 0 unspecified atom stereocenters. The van der Waals surface area contributed by atoms with Crippen molar-refractivity contribution >= 4 is 33.9 Å². The van der Waals surface area contributed by atoms with Gasteiger partial charge in [0.05, 0.1) is 11.5 Å². The Morgan fingerprint density at radius 3 is 2.34 bits per heavy atom. The van der Waals surface area contributed by atoms with Crippen molar-refractivity contribution in [2.24, 2.45) is 0 Å². The van der Waals surface area contributed by atoms with Gasteiger partial charge in [0.1, 0.15) is 18.1 Å². The maximum atomic E-state index is 12.1. The molecule has 0 aliphatic heterocycles. The van der Waals surface area contributed by atoms with Gasteiger partial charge in [-0.15, -0.1) is 10.2 Å². The lowest BCUT2D eigenvalue weighted by Crippen LogP contribution is -2.19. The predicted molar refractivity (Wildman–Crippen MR) is 108 cm³/mol. The predicted octanol–water partition coefficient (Wildman–Crippen LogP) is 4.07. The molecule has 1 heterocycles. The molecule has 0 fully saturated rings. The Kier molecular flexibility index (Phi) is 6.53. The van der Waals surface area contributed by atoms with Crippen LogP contribution in [0.25, 0.3) is 0 Å². The van der Waals surface area contributed by atoms with Crippen LogP contribution in [0.4, 0.5) is 21.3 Å². The van der Waals surface area contributed by atoms with E-state index >= 15 is 0 Å². The number of carbonyl (C=O) groups is 1. The van der Waals surface area contributed by atoms with Crippen LogP contribution in [0.3, 0.4) is 0 Å². The van der Waals surface area contributed by atoms with Crippen molar-refractivity contribution in [1.82, 2.24) is 10.2 Å². The molecule has 10 nitrogen and oxygen atoms in total. The number of non-ortho nitro benzene ring substituents is 1. The lowest BCUT2D eigenvalue weighted by molar-refractivity contribution is -0.384. The number of nitrogens with one attached hydrogen (secondary N) is 2. The fourth-order valence-electron chi connectivity index (χ4n) is 2.23. The van der Waals surface area contributed by atoms with Crippen LogP contribution in [0, 0.1) is 10.1 Å². The number of hydrogen-bond donors (Lipinski definition) is 2. The number of nitro groups is 1. The van der Waals surface area contributed by atoms with Crippen molar-refractivity contribution in [3.8, 4) is 11.5 Å². The molecule has 150 valence electrons. The Hall–Kier alpha value is -3.73. The minimum absolute atomic E-state index is 0.0155. The number of hydrogen-bond acceptors (Lipinski definition) is 8. The summed E-state index contributed by atoms with van der Waals surface area (Å²) in [7, 11) is 0. The first-order valence-electron chi connectivity index (χ1n) is 8.54. The Morgan fingerprint density at radius 2 is 1.69 bits per heavy atom. The number of anilines is 2. The Balaban J connectivity index is 1.49. The van der Waals surface area contributed by atoms with Crippen LogP contribution in [-0.4, -0.2) is 27.8 Å². The molecule has 0 atom stereocenters. The van der Waals surface area contributed by atoms with Crippen LogP contribution in [0.2, 0.25) is 0 Å². The van der Waals surface area contributed by atoms with Gasteiger partial charge in [-0.1, -0.05) is 11.3 Å². The minimum Gasteiger partial charge on any atom is -0.494 e. The van der Waals surface area contributed by atoms with Gasteiger partial charge in [0.2, 0.25) is 5.13 Å². The highest BCUT2D eigenvalue weighted by Gasteiger charge is 2.10. The standard InChI is InChI=1S/C18H17N5O5S/c1-2-27-14-7-3-12(4-8-14)19-17(24)20-18-22-21-16(29-18)11-28-15-9-5-13(6-10-15)23(25)26/h3-10H,2,11H2,1H3,(H2,19,20,22,24). The number of nitrogens with zero attached hydrogens (tertiary/aromatic N) is 3. The molecular weight excluding hydrogens is 398 g/mol. The molecule has 29 heavy (non-hydrogen) atoms. The first-order chi connectivity index (χ1) is 14.0. The van der Waals surface area contributed by atoms with Gasteiger partial charge in [0.25, 0.3) is 5.69 Å². The van der Waals surface area contributed by atoms with Gasteiger partial charge in [-0.05, 0) is 43.3 Å². The van der Waals surface area contributed by atoms with Gasteiger partial charge < -0.3 is 14.8 Å². The second kappa shape index (κ2) is 9.46. The molecule has 0 radical (unpaired) electrons. The molecule has 0 aliphatic rings. The molecule has 2 amide bonds. The van der Waals surface area contributed by atoms with Gasteiger partial charge in [0.15, 0.2) is 5.01 Å². The van der Waals surface area contributed by atoms with E-state index in [0.29, 0.717) is 28.2 Å². The summed E-state index contributed by atoms with van der Waals surface area (Å²) < 4.78 is 10.9. The molecule has 1 aromatic heterocycles. The summed E-state index contributed by atoms with van der Waals surface area (Å²) in [6, 6.07) is 12.2. The quantitative estimate of drug-likeness (QED) is 0.419. The first-order valence-corrected chi connectivity index (χ1v) is 9.35. The zero-order valence-corrected chi connectivity index (χ0v) is 16.1. The van der Waals surface area contributed by atoms with E-state index in [1.54, 1.807) is 24.3 Å². The third-order valence-corrected chi connectivity index (χ3v) is 4.33. The minimum atomic E-state index is -0.481. The zero-order valence-electron chi connectivity index (χ0n) is 15.3. The van der Waals surface area contributed by atoms with Crippen LogP contribution < -0.4 is 20.1 Å². The maximum Gasteiger partial charge on any atom is 0.325 e. The average molecular weight is 415 g/mol. The van der Waals surface area contributed by atoms with E-state index in [1.165, 1.54) is 24.3 Å². The van der Waals surface area contributed by atoms with Gasteiger partial charge in [-0.3, -0.25) is 15.4 Å². The molecule has 3 rings (SSSR count). The molecule has 3 aromatic rings. The van der Waals surface area contributed by atoms with Gasteiger partial charge in [0, 0.05) is 17.8 Å². The SMILES string of the molecule is CCOc1ccc(NC(=O)Nc2nnc(COc3ccc([N+](=O)[O-])cc3)s2)cc1. The second-order valence-electron chi connectivity index (χ2n) is 5.58. The number of amides is 2. The van der Waals surface area contributed by atoms with E-state index in [1.807, 2.05) is 6.92 Å². The summed E-state index contributed by atoms with van der Waals surface area (Å²) in [4.78, 5) is 22.2. The summed E-state index contributed by atoms with van der Waals surface area (Å²) >= 11 is 1.16. The maximum absolute atomic E-state index is 12.1. The number of rotatable bonds is 8. The average Bonchev–Trinajstić information content (AvgIpc) is 3.15. The molecule has 11 heteroatoms. The number of carbonyl (C=O) groups excluding carboxylic acids is 1. The Bertz CT molecular complexity index is 975. The lowest BCUT2D eigenvalue weighted by Gasteiger charge is -2.07. The van der Waals surface area contributed by atoms with E-state index in [4.69, 9.17) is 9.47 Å². The van der Waals surface area contributed by atoms with Crippen LogP contribution in [0.15, 0.2) is 48.5 Å². The van der Waals surface area contributed by atoms with Crippen LogP contribution in [0.5, 0.6) is 11.5 Å². The number of benzene rings is 2. The second-order valence-corrected chi connectivity index (χ2v) is 6.64. The van der Waals surface area contributed by atoms with Crippen LogP contribution in [-0.2, 0) is 6.61 Å². The number of ether oxygens (including phenoxy) is 2. The summed E-state index contributed by atoms with van der Waals surface area (Å²) in [6.45, 7) is 2.59. The molecule has 0 saturated heterocycles. The van der Waals surface area contributed by atoms with Crippen molar-refractivity contribution < 1.29 is 19.2 Å². The molecule has 2 N–H and O–H groups in total. The van der Waals surface area contributed by atoms with E-state index < -0.39 is 11.0 Å². The zero-order chi connectivity index (χ0) is 20.6. The third-order valence-electron chi connectivity index (χ3n) is 3.52. The third kappa shape index (κ3) is 5.87. The van der Waals surface area contributed by atoms with E-state index in [2.05, 4.69) is 20.8 Å². The number of aromatic nitrogens is 2. The largest absolute Gasteiger partial charge is 0.494 e. The fraction of sp³-hybridized carbons (Fsp3) is 0.167. The summed E-state index contributed by atoms with van der Waals surface area (Å²) in [5.41, 5.74) is 0.593. The molecule has 0 bridgehead atoms. The van der Waals surface area contributed by atoms with Crippen LogP contribution in [0.1, 0.15) is 11.9 Å². The van der Waals surface area contributed by atoms with E-state index in [-0.39, 0.29) is 12.3 Å². The monoisotopic (exact) mass is 415 g/mol. The normalized spacial score (nSPS) is 10.2. The molecular formula is C18H17N5O5S. The lowest BCUT2D eigenvalue weighted by atomic mass is 10.3. The van der Waals surface area contributed by atoms with Gasteiger partial charge >= 0.3 is 6.03 Å². The van der Waals surface area contributed by atoms with E-state index in [0.717, 1.165) is 17.1 Å². The highest BCUT2D eigenvalue weighted by atomic mass is 32.1. The first kappa shape index (κ1) is 20.0. The topological polar surface area (TPSA) is 129 Å². The highest BCUT2D eigenvalue weighted by Crippen LogP contribution is 2.21. The smallest absolute Gasteiger partial charge is 0.325 e. The summed E-state index contributed by atoms with van der Waals surface area (Å²) in [5.74, 6) is 1.19. The summed E-state index contributed by atoms with van der Waals surface area (Å²) in [6.07, 6.45) is 0.